The predicted octanol–water partition coefficient (Wildman–Crippen LogP) is 3.10. The molecule has 4 nitrogen and oxygen atoms in total. The van der Waals surface area contributed by atoms with Gasteiger partial charge in [0.25, 0.3) is 0 Å². The van der Waals surface area contributed by atoms with Gasteiger partial charge in [0.15, 0.2) is 5.78 Å². The third kappa shape index (κ3) is 6.11. The summed E-state index contributed by atoms with van der Waals surface area (Å²) < 4.78 is 0. The van der Waals surface area contributed by atoms with Gasteiger partial charge in [-0.05, 0) is 56.1 Å². The highest BCUT2D eigenvalue weighted by atomic mass is 35.5. The van der Waals surface area contributed by atoms with Crippen LogP contribution in [0.3, 0.4) is 0 Å². The molecule has 1 aromatic carbocycles. The Bertz CT molecular complexity index is 542. The Labute approximate surface area is 153 Å². The van der Waals surface area contributed by atoms with Crippen molar-refractivity contribution in [2.45, 2.75) is 19.8 Å². The molecule has 1 aliphatic rings. The number of halogens is 1. The van der Waals surface area contributed by atoms with Crippen molar-refractivity contribution in [2.75, 3.05) is 37.7 Å². The number of nitrogens with zero attached hydrogens (tertiary/aromatic N) is 1. The Morgan fingerprint density at radius 3 is 2.50 bits per heavy atom. The van der Waals surface area contributed by atoms with Crippen molar-refractivity contribution in [3.8, 4) is 0 Å². The van der Waals surface area contributed by atoms with Gasteiger partial charge in [-0.1, -0.05) is 18.5 Å². The van der Waals surface area contributed by atoms with E-state index in [4.69, 9.17) is 11.6 Å². The zero-order valence-electron chi connectivity index (χ0n) is 14.1. The second-order valence-electron chi connectivity index (χ2n) is 6.05. The molecule has 0 saturated carbocycles. The highest BCUT2D eigenvalue weighted by Gasteiger charge is 2.22. The number of carbonyl (C=O) groups is 2. The Balaban J connectivity index is 1.66. The van der Waals surface area contributed by atoms with Crippen LogP contribution < -0.4 is 5.32 Å². The minimum atomic E-state index is 0.0359. The lowest BCUT2D eigenvalue weighted by atomic mass is 9.97. The molecule has 0 radical (unpaired) electrons. The molecule has 0 unspecified atom stereocenters. The maximum absolute atomic E-state index is 12.2. The third-order valence-corrected chi connectivity index (χ3v) is 5.44. The minimum absolute atomic E-state index is 0.0359. The topological polar surface area (TPSA) is 49.4 Å². The van der Waals surface area contributed by atoms with Gasteiger partial charge in [-0.2, -0.15) is 0 Å². The Hall–Kier alpha value is -1.04. The second kappa shape index (κ2) is 10.1. The number of benzene rings is 1. The van der Waals surface area contributed by atoms with Crippen LogP contribution in [0, 0.1) is 5.92 Å². The summed E-state index contributed by atoms with van der Waals surface area (Å²) in [5.41, 5.74) is 0.642. The molecule has 6 heteroatoms. The zero-order chi connectivity index (χ0) is 17.4. The number of rotatable bonds is 8. The fraction of sp³-hybridized carbons (Fsp3) is 0.556. The van der Waals surface area contributed by atoms with Crippen molar-refractivity contribution in [3.63, 3.8) is 0 Å². The maximum Gasteiger partial charge on any atom is 0.232 e. The summed E-state index contributed by atoms with van der Waals surface area (Å²) >= 11 is 7.21. The maximum atomic E-state index is 12.2. The molecule has 1 aliphatic heterocycles. The smallest absolute Gasteiger partial charge is 0.232 e. The average molecular weight is 369 g/mol. The Kier molecular flexibility index (Phi) is 8.09. The van der Waals surface area contributed by atoms with Gasteiger partial charge in [0.2, 0.25) is 5.91 Å². The molecule has 1 saturated heterocycles. The minimum Gasteiger partial charge on any atom is -0.342 e. The van der Waals surface area contributed by atoms with Crippen LogP contribution >= 0.6 is 23.4 Å². The standard InChI is InChI=1S/C18H25ClN2O2S/c1-2-20-11-14-7-9-21(10-8-14)18(23)13-24-12-17(22)15-3-5-16(19)6-4-15/h3-6,14,20H,2,7-13H2,1H3. The highest BCUT2D eigenvalue weighted by molar-refractivity contribution is 8.00. The molecule has 1 heterocycles. The van der Waals surface area contributed by atoms with Gasteiger partial charge in [0, 0.05) is 23.7 Å². The molecule has 0 aliphatic carbocycles. The van der Waals surface area contributed by atoms with Gasteiger partial charge in [-0.25, -0.2) is 0 Å². The van der Waals surface area contributed by atoms with E-state index in [0.717, 1.165) is 39.0 Å². The summed E-state index contributed by atoms with van der Waals surface area (Å²) in [6.45, 7) is 5.82. The van der Waals surface area contributed by atoms with E-state index in [2.05, 4.69) is 12.2 Å². The molecule has 0 aromatic heterocycles. The van der Waals surface area contributed by atoms with Crippen LogP contribution in [0.25, 0.3) is 0 Å². The van der Waals surface area contributed by atoms with Crippen LogP contribution in [0.2, 0.25) is 5.02 Å². The number of likely N-dealkylation sites (tertiary alicyclic amines) is 1. The molecule has 0 atom stereocenters. The fourth-order valence-corrected chi connectivity index (χ4v) is 3.71. The van der Waals surface area contributed by atoms with Crippen molar-refractivity contribution in [2.24, 2.45) is 5.92 Å². The van der Waals surface area contributed by atoms with E-state index in [-0.39, 0.29) is 11.7 Å². The number of amides is 1. The van der Waals surface area contributed by atoms with Crippen LogP contribution in [-0.2, 0) is 4.79 Å². The summed E-state index contributed by atoms with van der Waals surface area (Å²) in [7, 11) is 0. The largest absolute Gasteiger partial charge is 0.342 e. The molecule has 1 amide bonds. The van der Waals surface area contributed by atoms with E-state index in [0.29, 0.717) is 28.0 Å². The summed E-state index contributed by atoms with van der Waals surface area (Å²) in [5.74, 6) is 1.55. The van der Waals surface area contributed by atoms with Crippen LogP contribution in [0.5, 0.6) is 0 Å². The van der Waals surface area contributed by atoms with Crippen molar-refractivity contribution in [1.82, 2.24) is 10.2 Å². The van der Waals surface area contributed by atoms with Crippen molar-refractivity contribution in [1.29, 1.82) is 0 Å². The molecule has 2 rings (SSSR count). The first-order valence-corrected chi connectivity index (χ1v) is 9.98. The summed E-state index contributed by atoms with van der Waals surface area (Å²) in [4.78, 5) is 26.2. The van der Waals surface area contributed by atoms with Gasteiger partial charge in [0.1, 0.15) is 0 Å². The van der Waals surface area contributed by atoms with Crippen molar-refractivity contribution < 1.29 is 9.59 Å². The average Bonchev–Trinajstić information content (AvgIpc) is 2.60. The summed E-state index contributed by atoms with van der Waals surface area (Å²) in [5, 5.41) is 3.99. The fourth-order valence-electron chi connectivity index (χ4n) is 2.78. The second-order valence-corrected chi connectivity index (χ2v) is 7.48. The molecule has 0 bridgehead atoms. The predicted molar refractivity (Wildman–Crippen MR) is 101 cm³/mol. The van der Waals surface area contributed by atoms with Gasteiger partial charge >= 0.3 is 0 Å². The first-order valence-electron chi connectivity index (χ1n) is 8.45. The summed E-state index contributed by atoms with van der Waals surface area (Å²) in [6, 6.07) is 6.87. The number of ketones is 1. The van der Waals surface area contributed by atoms with E-state index >= 15 is 0 Å². The molecule has 1 fully saturated rings. The summed E-state index contributed by atoms with van der Waals surface area (Å²) in [6.07, 6.45) is 2.13. The molecule has 0 spiro atoms. The van der Waals surface area contributed by atoms with Crippen LogP contribution in [0.4, 0.5) is 0 Å². The lowest BCUT2D eigenvalue weighted by Gasteiger charge is -2.32. The SMILES string of the molecule is CCNCC1CCN(C(=O)CSCC(=O)c2ccc(Cl)cc2)CC1. The van der Waals surface area contributed by atoms with Crippen molar-refractivity contribution in [3.05, 3.63) is 34.9 Å². The first kappa shape index (κ1) is 19.3. The molecule has 24 heavy (non-hydrogen) atoms. The quantitative estimate of drug-likeness (QED) is 0.716. The van der Waals surface area contributed by atoms with Crippen LogP contribution in [-0.4, -0.2) is 54.3 Å². The highest BCUT2D eigenvalue weighted by Crippen LogP contribution is 2.18. The molecule has 1 N–H and O–H groups in total. The van der Waals surface area contributed by atoms with Crippen molar-refractivity contribution >= 4 is 35.1 Å². The monoisotopic (exact) mass is 368 g/mol. The first-order chi connectivity index (χ1) is 11.6. The van der Waals surface area contributed by atoms with Crippen LogP contribution in [0.1, 0.15) is 30.1 Å². The number of nitrogens with one attached hydrogen (secondary N) is 1. The molecular weight excluding hydrogens is 344 g/mol. The van der Waals surface area contributed by atoms with Crippen LogP contribution in [0.15, 0.2) is 24.3 Å². The number of carbonyl (C=O) groups excluding carboxylic acids is 2. The molecular formula is C18H25ClN2O2S. The number of thioether (sulfide) groups is 1. The van der Waals surface area contributed by atoms with E-state index in [1.54, 1.807) is 24.3 Å². The molecule has 1 aromatic rings. The van der Waals surface area contributed by atoms with E-state index in [9.17, 15) is 9.59 Å². The zero-order valence-corrected chi connectivity index (χ0v) is 15.7. The van der Waals surface area contributed by atoms with Gasteiger partial charge in [-0.15, -0.1) is 11.8 Å². The lowest BCUT2D eigenvalue weighted by Crippen LogP contribution is -2.41. The third-order valence-electron chi connectivity index (χ3n) is 4.28. The Morgan fingerprint density at radius 2 is 1.88 bits per heavy atom. The number of hydrogen-bond acceptors (Lipinski definition) is 4. The Morgan fingerprint density at radius 1 is 1.21 bits per heavy atom. The molecule has 132 valence electrons. The van der Waals surface area contributed by atoms with Gasteiger partial charge in [0.05, 0.1) is 11.5 Å². The van der Waals surface area contributed by atoms with E-state index in [1.807, 2.05) is 4.90 Å². The number of hydrogen-bond donors (Lipinski definition) is 1. The normalized spacial score (nSPS) is 15.5. The lowest BCUT2D eigenvalue weighted by molar-refractivity contribution is -0.129. The number of piperidine rings is 1. The van der Waals surface area contributed by atoms with Gasteiger partial charge in [-0.3, -0.25) is 9.59 Å². The number of Topliss-reactive ketones (excluding diaryl/α,β-unsaturated/α-hetero) is 1. The van der Waals surface area contributed by atoms with Gasteiger partial charge < -0.3 is 10.2 Å². The van der Waals surface area contributed by atoms with E-state index in [1.165, 1.54) is 11.8 Å². The van der Waals surface area contributed by atoms with E-state index < -0.39 is 0 Å².